The smallest absolute Gasteiger partial charge is 0.410 e. The van der Waals surface area contributed by atoms with Crippen LogP contribution in [0.2, 0.25) is 0 Å². The largest absolute Gasteiger partial charge is 0.444 e. The number of carbonyl (C=O) groups is 1. The summed E-state index contributed by atoms with van der Waals surface area (Å²) in [5, 5.41) is 6.64. The van der Waals surface area contributed by atoms with E-state index in [1.54, 1.807) is 23.3 Å². The van der Waals surface area contributed by atoms with Crippen molar-refractivity contribution in [3.8, 4) is 0 Å². The van der Waals surface area contributed by atoms with Crippen molar-refractivity contribution in [2.24, 2.45) is 0 Å². The van der Waals surface area contributed by atoms with E-state index in [1.165, 1.54) is 0 Å². The molecule has 1 aromatic heterocycles. The van der Waals surface area contributed by atoms with E-state index < -0.39 is 5.60 Å². The van der Waals surface area contributed by atoms with Crippen LogP contribution in [0.15, 0.2) is 5.38 Å². The Morgan fingerprint density at radius 2 is 2.26 bits per heavy atom. The molecule has 1 aliphatic rings. The summed E-state index contributed by atoms with van der Waals surface area (Å²) in [4.78, 5) is 18.4. The number of carbonyl (C=O) groups excluding carboxylic acids is 1. The minimum Gasteiger partial charge on any atom is -0.444 e. The van der Waals surface area contributed by atoms with Gasteiger partial charge < -0.3 is 19.7 Å². The van der Waals surface area contributed by atoms with Gasteiger partial charge in [0.15, 0.2) is 0 Å². The molecule has 0 aliphatic carbocycles. The SMILES string of the molecule is COC1CN(C(=O)OC(C)(C)C)CCC1NCc1csc(C)n1. The van der Waals surface area contributed by atoms with Crippen LogP contribution in [0, 0.1) is 6.92 Å². The summed E-state index contributed by atoms with van der Waals surface area (Å²) in [5.41, 5.74) is 0.578. The molecule has 1 amide bonds. The molecule has 1 aromatic rings. The highest BCUT2D eigenvalue weighted by molar-refractivity contribution is 7.09. The van der Waals surface area contributed by atoms with Crippen molar-refractivity contribution in [2.45, 2.75) is 58.4 Å². The van der Waals surface area contributed by atoms with E-state index in [2.05, 4.69) is 15.7 Å². The topological polar surface area (TPSA) is 63.7 Å². The van der Waals surface area contributed by atoms with Crippen molar-refractivity contribution in [3.63, 3.8) is 0 Å². The van der Waals surface area contributed by atoms with Crippen molar-refractivity contribution in [3.05, 3.63) is 16.1 Å². The van der Waals surface area contributed by atoms with Crippen LogP contribution in [0.1, 0.15) is 37.9 Å². The van der Waals surface area contributed by atoms with Crippen LogP contribution in [-0.2, 0) is 16.0 Å². The lowest BCUT2D eigenvalue weighted by Crippen LogP contribution is -2.55. The predicted molar refractivity (Wildman–Crippen MR) is 90.7 cm³/mol. The van der Waals surface area contributed by atoms with Crippen LogP contribution >= 0.6 is 11.3 Å². The standard InChI is InChI=1S/C16H27N3O3S/c1-11-18-12(10-23-11)8-17-13-6-7-19(9-14(13)21-5)15(20)22-16(2,3)4/h10,13-14,17H,6-9H2,1-5H3. The van der Waals surface area contributed by atoms with Gasteiger partial charge in [-0.2, -0.15) is 0 Å². The lowest BCUT2D eigenvalue weighted by atomic mass is 10.0. The summed E-state index contributed by atoms with van der Waals surface area (Å²) in [6.45, 7) is 9.57. The molecule has 0 spiro atoms. The average Bonchev–Trinajstić information content (AvgIpc) is 2.88. The first-order valence-electron chi connectivity index (χ1n) is 7.93. The number of hydrogen-bond acceptors (Lipinski definition) is 6. The summed E-state index contributed by atoms with van der Waals surface area (Å²) in [6.07, 6.45) is 0.519. The number of thiazole rings is 1. The van der Waals surface area contributed by atoms with Gasteiger partial charge in [-0.3, -0.25) is 0 Å². The molecule has 1 fully saturated rings. The van der Waals surface area contributed by atoms with E-state index in [0.29, 0.717) is 13.1 Å². The minimum absolute atomic E-state index is 0.0454. The van der Waals surface area contributed by atoms with Crippen molar-refractivity contribution >= 4 is 17.4 Å². The quantitative estimate of drug-likeness (QED) is 0.912. The molecule has 2 heterocycles. The van der Waals surface area contributed by atoms with Gasteiger partial charge in [0.2, 0.25) is 0 Å². The fourth-order valence-corrected chi connectivity index (χ4v) is 3.22. The molecule has 7 heteroatoms. The van der Waals surface area contributed by atoms with Crippen LogP contribution in [0.3, 0.4) is 0 Å². The van der Waals surface area contributed by atoms with E-state index in [4.69, 9.17) is 9.47 Å². The van der Waals surface area contributed by atoms with Crippen LogP contribution < -0.4 is 5.32 Å². The van der Waals surface area contributed by atoms with Gasteiger partial charge in [-0.25, -0.2) is 9.78 Å². The molecular weight excluding hydrogens is 314 g/mol. The molecule has 6 nitrogen and oxygen atoms in total. The lowest BCUT2D eigenvalue weighted by Gasteiger charge is -2.38. The fourth-order valence-electron chi connectivity index (χ4n) is 2.61. The molecule has 2 unspecified atom stereocenters. The first-order chi connectivity index (χ1) is 10.8. The minimum atomic E-state index is -0.475. The third-order valence-corrected chi connectivity index (χ3v) is 4.55. The molecule has 2 rings (SSSR count). The summed E-state index contributed by atoms with van der Waals surface area (Å²) >= 11 is 1.66. The highest BCUT2D eigenvalue weighted by atomic mass is 32.1. The molecule has 1 aliphatic heterocycles. The van der Waals surface area contributed by atoms with E-state index in [-0.39, 0.29) is 18.2 Å². The third kappa shape index (κ3) is 5.44. The number of amides is 1. The molecule has 130 valence electrons. The number of rotatable bonds is 4. The lowest BCUT2D eigenvalue weighted by molar-refractivity contribution is -0.0184. The van der Waals surface area contributed by atoms with Gasteiger partial charge in [-0.15, -0.1) is 11.3 Å². The molecule has 0 saturated carbocycles. The highest BCUT2D eigenvalue weighted by Crippen LogP contribution is 2.18. The maximum absolute atomic E-state index is 12.2. The normalized spacial score (nSPS) is 22.2. The van der Waals surface area contributed by atoms with Gasteiger partial charge in [-0.05, 0) is 34.1 Å². The zero-order valence-electron chi connectivity index (χ0n) is 14.6. The molecule has 2 atom stereocenters. The zero-order chi connectivity index (χ0) is 17.0. The van der Waals surface area contributed by atoms with Crippen LogP contribution in [0.25, 0.3) is 0 Å². The summed E-state index contributed by atoms with van der Waals surface area (Å²) in [6, 6.07) is 0.209. The maximum Gasteiger partial charge on any atom is 0.410 e. The molecule has 0 bridgehead atoms. The Hall–Kier alpha value is -1.18. The second kappa shape index (κ2) is 7.59. The predicted octanol–water partition coefficient (Wildman–Crippen LogP) is 2.57. The van der Waals surface area contributed by atoms with E-state index in [9.17, 15) is 4.79 Å². The number of likely N-dealkylation sites (tertiary alicyclic amines) is 1. The van der Waals surface area contributed by atoms with Gasteiger partial charge in [0.05, 0.1) is 23.4 Å². The van der Waals surface area contributed by atoms with Gasteiger partial charge >= 0.3 is 6.09 Å². The molecule has 0 aromatic carbocycles. The number of aryl methyl sites for hydroxylation is 1. The van der Waals surface area contributed by atoms with Crippen LogP contribution in [-0.4, -0.2) is 53.9 Å². The average molecular weight is 341 g/mol. The van der Waals surface area contributed by atoms with Crippen molar-refractivity contribution < 1.29 is 14.3 Å². The first kappa shape index (κ1) is 18.2. The summed E-state index contributed by atoms with van der Waals surface area (Å²) < 4.78 is 11.0. The fraction of sp³-hybridized carbons (Fsp3) is 0.750. The summed E-state index contributed by atoms with van der Waals surface area (Å²) in [5.74, 6) is 0. The van der Waals surface area contributed by atoms with Gasteiger partial charge in [0, 0.05) is 31.6 Å². The van der Waals surface area contributed by atoms with Crippen molar-refractivity contribution in [2.75, 3.05) is 20.2 Å². The van der Waals surface area contributed by atoms with Crippen molar-refractivity contribution in [1.29, 1.82) is 0 Å². The summed E-state index contributed by atoms with van der Waals surface area (Å²) in [7, 11) is 1.69. The van der Waals surface area contributed by atoms with Gasteiger partial charge in [-0.1, -0.05) is 0 Å². The second-order valence-electron chi connectivity index (χ2n) is 6.83. The maximum atomic E-state index is 12.2. The van der Waals surface area contributed by atoms with E-state index >= 15 is 0 Å². The number of hydrogen-bond donors (Lipinski definition) is 1. The molecule has 1 N–H and O–H groups in total. The number of methoxy groups -OCH3 is 1. The highest BCUT2D eigenvalue weighted by Gasteiger charge is 2.33. The first-order valence-corrected chi connectivity index (χ1v) is 8.81. The Balaban J connectivity index is 1.87. The zero-order valence-corrected chi connectivity index (χ0v) is 15.4. The Kier molecular flexibility index (Phi) is 6.00. The molecule has 23 heavy (non-hydrogen) atoms. The molecule has 1 saturated heterocycles. The number of aromatic nitrogens is 1. The number of piperidine rings is 1. The van der Waals surface area contributed by atoms with Crippen LogP contribution in [0.4, 0.5) is 4.79 Å². The third-order valence-electron chi connectivity index (χ3n) is 3.73. The Morgan fingerprint density at radius 1 is 1.52 bits per heavy atom. The van der Waals surface area contributed by atoms with Gasteiger partial charge in [0.1, 0.15) is 5.60 Å². The number of ether oxygens (including phenoxy) is 2. The Morgan fingerprint density at radius 3 is 2.83 bits per heavy atom. The number of nitrogens with zero attached hydrogens (tertiary/aromatic N) is 2. The van der Waals surface area contributed by atoms with Gasteiger partial charge in [0.25, 0.3) is 0 Å². The Labute approximate surface area is 142 Å². The van der Waals surface area contributed by atoms with E-state index in [0.717, 1.165) is 23.7 Å². The number of nitrogens with one attached hydrogen (secondary N) is 1. The molecule has 0 radical (unpaired) electrons. The molecular formula is C16H27N3O3S. The van der Waals surface area contributed by atoms with E-state index in [1.807, 2.05) is 27.7 Å². The Bertz CT molecular complexity index is 527. The second-order valence-corrected chi connectivity index (χ2v) is 7.90. The van der Waals surface area contributed by atoms with Crippen LogP contribution in [0.5, 0.6) is 0 Å². The van der Waals surface area contributed by atoms with Crippen molar-refractivity contribution in [1.82, 2.24) is 15.2 Å². The monoisotopic (exact) mass is 341 g/mol.